The lowest BCUT2D eigenvalue weighted by atomic mass is 10.0. The molecule has 180 valence electrons. The van der Waals surface area contributed by atoms with Crippen LogP contribution in [0.25, 0.3) is 0 Å². The molecule has 2 aromatic rings. The van der Waals surface area contributed by atoms with Gasteiger partial charge in [0, 0.05) is 23.7 Å². The highest BCUT2D eigenvalue weighted by Crippen LogP contribution is 2.28. The maximum Gasteiger partial charge on any atom is 0.270 e. The van der Waals surface area contributed by atoms with Crippen molar-refractivity contribution < 1.29 is 27.8 Å². The number of rotatable bonds is 9. The van der Waals surface area contributed by atoms with E-state index < -0.39 is 11.3 Å². The molecule has 8 nitrogen and oxygen atoms in total. The van der Waals surface area contributed by atoms with E-state index in [-0.39, 0.29) is 33.9 Å². The molecule has 0 saturated carbocycles. The maximum absolute atomic E-state index is 12.5. The lowest BCUT2D eigenvalue weighted by Crippen LogP contribution is -2.28. The summed E-state index contributed by atoms with van der Waals surface area (Å²) in [7, 11) is 0. The Morgan fingerprint density at radius 2 is 1.94 bits per heavy atom. The van der Waals surface area contributed by atoms with Gasteiger partial charge in [0.1, 0.15) is 17.8 Å². The number of hydrogen-bond acceptors (Lipinski definition) is 7. The number of carbonyl (C=O) groups is 2. The molecule has 0 saturated heterocycles. The van der Waals surface area contributed by atoms with Crippen molar-refractivity contribution in [2.75, 3.05) is 10.1 Å². The minimum Gasteiger partial charge on any atom is -0.463 e. The molecular weight excluding hydrogens is 488 g/mol. The minimum atomic E-state index is -2.51. The Bertz CT molecular complexity index is 1240. The van der Waals surface area contributed by atoms with Crippen molar-refractivity contribution in [2.24, 2.45) is 0 Å². The van der Waals surface area contributed by atoms with Gasteiger partial charge in [0.25, 0.3) is 17.1 Å². The average Bonchev–Trinajstić information content (AvgIpc) is 2.89. The third kappa shape index (κ3) is 6.56. The highest BCUT2D eigenvalue weighted by Gasteiger charge is 2.25. The Hall–Kier alpha value is -3.47. The topological polar surface area (TPSA) is 106 Å². The molecule has 1 atom stereocenters. The Morgan fingerprint density at radius 3 is 2.63 bits per heavy atom. The van der Waals surface area contributed by atoms with Crippen LogP contribution in [0.4, 0.5) is 5.82 Å². The van der Waals surface area contributed by atoms with Crippen LogP contribution in [0, 0.1) is 0 Å². The average molecular weight is 511 g/mol. The molecule has 0 amide bonds. The minimum absolute atomic E-state index is 0.00845. The van der Waals surface area contributed by atoms with Crippen LogP contribution in [-0.4, -0.2) is 30.4 Å². The highest BCUT2D eigenvalue weighted by atomic mass is 32.2. The summed E-state index contributed by atoms with van der Waals surface area (Å²) in [5.74, 6) is 0.237. The van der Waals surface area contributed by atoms with E-state index in [9.17, 15) is 18.4 Å². The van der Waals surface area contributed by atoms with Gasteiger partial charge in [0.2, 0.25) is 5.12 Å². The SMILES string of the molecule is O=C(CSC(=O)c1ccccc1)c1ccc(N(C2=COC=C(CC3=CC=CCC3)O2)S(=O)O)nc1. The fourth-order valence-electron chi connectivity index (χ4n) is 3.35. The van der Waals surface area contributed by atoms with Crippen molar-refractivity contribution >= 4 is 39.7 Å². The van der Waals surface area contributed by atoms with Crippen LogP contribution in [0.1, 0.15) is 40.0 Å². The van der Waals surface area contributed by atoms with Crippen molar-refractivity contribution in [3.05, 3.63) is 108 Å². The molecule has 0 fully saturated rings. The Kier molecular flexibility index (Phi) is 8.30. The van der Waals surface area contributed by atoms with Gasteiger partial charge in [-0.2, -0.15) is 4.31 Å². The summed E-state index contributed by atoms with van der Waals surface area (Å²) >= 11 is -1.60. The second kappa shape index (κ2) is 11.8. The van der Waals surface area contributed by atoms with Crippen LogP contribution < -0.4 is 4.31 Å². The molecule has 0 spiro atoms. The zero-order valence-electron chi connectivity index (χ0n) is 18.5. The maximum atomic E-state index is 12.5. The predicted molar refractivity (Wildman–Crippen MR) is 134 cm³/mol. The van der Waals surface area contributed by atoms with Crippen molar-refractivity contribution in [1.82, 2.24) is 4.98 Å². The molecule has 2 heterocycles. The van der Waals surface area contributed by atoms with E-state index in [0.717, 1.165) is 34.5 Å². The number of anilines is 1. The molecule has 1 aliphatic heterocycles. The number of carbonyl (C=O) groups excluding carboxylic acids is 2. The molecule has 2 aliphatic rings. The van der Waals surface area contributed by atoms with Gasteiger partial charge in [-0.05, 0) is 25.0 Å². The zero-order chi connectivity index (χ0) is 24.6. The first-order chi connectivity index (χ1) is 17.0. The monoisotopic (exact) mass is 510 g/mol. The molecule has 1 unspecified atom stereocenters. The Balaban J connectivity index is 1.39. The fraction of sp³-hybridized carbons (Fsp3) is 0.160. The van der Waals surface area contributed by atoms with Crippen LogP contribution in [0.2, 0.25) is 0 Å². The van der Waals surface area contributed by atoms with E-state index in [0.29, 0.717) is 17.7 Å². The third-order valence-electron chi connectivity index (χ3n) is 5.08. The van der Waals surface area contributed by atoms with Gasteiger partial charge in [0.15, 0.2) is 12.0 Å². The third-order valence-corrected chi connectivity index (χ3v) is 6.67. The molecule has 4 rings (SSSR count). The summed E-state index contributed by atoms with van der Waals surface area (Å²) < 4.78 is 34.1. The van der Waals surface area contributed by atoms with Crippen molar-refractivity contribution in [3.63, 3.8) is 0 Å². The van der Waals surface area contributed by atoms with Gasteiger partial charge >= 0.3 is 0 Å². The first kappa shape index (κ1) is 24.6. The number of thioether (sulfide) groups is 1. The van der Waals surface area contributed by atoms with Crippen molar-refractivity contribution in [1.29, 1.82) is 0 Å². The number of Topliss-reactive ketones (excluding diaryl/α,β-unsaturated/α-hetero) is 1. The van der Waals surface area contributed by atoms with Crippen LogP contribution in [0.15, 0.2) is 96.6 Å². The van der Waals surface area contributed by atoms with E-state index in [1.165, 1.54) is 30.9 Å². The number of ketones is 1. The van der Waals surface area contributed by atoms with E-state index in [4.69, 9.17) is 9.47 Å². The number of ether oxygens (including phenoxy) is 2. The summed E-state index contributed by atoms with van der Waals surface area (Å²) in [5.41, 5.74) is 1.95. The van der Waals surface area contributed by atoms with Crippen molar-refractivity contribution in [3.8, 4) is 0 Å². The van der Waals surface area contributed by atoms with Gasteiger partial charge < -0.3 is 9.47 Å². The van der Waals surface area contributed by atoms with Gasteiger partial charge in [-0.3, -0.25) is 14.1 Å². The molecule has 35 heavy (non-hydrogen) atoms. The molecule has 1 aliphatic carbocycles. The van der Waals surface area contributed by atoms with Crippen LogP contribution >= 0.6 is 11.8 Å². The number of allylic oxidation sites excluding steroid dienone is 4. The highest BCUT2D eigenvalue weighted by molar-refractivity contribution is 8.14. The predicted octanol–water partition coefficient (Wildman–Crippen LogP) is 5.13. The number of aromatic nitrogens is 1. The smallest absolute Gasteiger partial charge is 0.270 e. The molecule has 1 N–H and O–H groups in total. The zero-order valence-corrected chi connectivity index (χ0v) is 20.2. The number of benzene rings is 1. The van der Waals surface area contributed by atoms with Crippen LogP contribution in [0.5, 0.6) is 0 Å². The summed E-state index contributed by atoms with van der Waals surface area (Å²) in [6.45, 7) is 0. The lowest BCUT2D eigenvalue weighted by Gasteiger charge is -2.25. The second-order valence-corrected chi connectivity index (χ2v) is 9.32. The first-order valence-corrected chi connectivity index (χ1v) is 12.8. The van der Waals surface area contributed by atoms with E-state index >= 15 is 0 Å². The summed E-state index contributed by atoms with van der Waals surface area (Å²) in [6, 6.07) is 11.6. The van der Waals surface area contributed by atoms with Gasteiger partial charge in [0.05, 0.1) is 5.75 Å². The van der Waals surface area contributed by atoms with Crippen LogP contribution in [0.3, 0.4) is 0 Å². The van der Waals surface area contributed by atoms with E-state index in [1.807, 2.05) is 18.2 Å². The Morgan fingerprint density at radius 1 is 1.11 bits per heavy atom. The van der Waals surface area contributed by atoms with E-state index in [1.54, 1.807) is 24.3 Å². The van der Waals surface area contributed by atoms with Gasteiger partial charge in [-0.15, -0.1) is 0 Å². The summed E-state index contributed by atoms with van der Waals surface area (Å²) in [6.07, 6.45) is 12.4. The lowest BCUT2D eigenvalue weighted by molar-refractivity contribution is 0.101. The first-order valence-electron chi connectivity index (χ1n) is 10.7. The van der Waals surface area contributed by atoms with Crippen molar-refractivity contribution in [2.45, 2.75) is 19.3 Å². The molecule has 0 radical (unpaired) electrons. The standard InChI is InChI=1S/C25H22N2O6S2/c28-22(17-34-25(29)19-9-5-2-6-10-19)20-11-12-23(26-14-20)27(35(30)31)24-16-32-15-21(33-24)13-18-7-3-1-4-8-18/h1-3,5-7,9-12,14-16H,4,8,13,17H2,(H,30,31). The molecule has 1 aromatic carbocycles. The Labute approximate surface area is 209 Å². The largest absolute Gasteiger partial charge is 0.463 e. The molecular formula is C25H22N2O6S2. The number of nitrogens with zero attached hydrogens (tertiary/aromatic N) is 2. The van der Waals surface area contributed by atoms with Crippen LogP contribution in [-0.2, 0) is 20.7 Å². The fourth-order valence-corrected chi connectivity index (χ4v) is 4.59. The summed E-state index contributed by atoms with van der Waals surface area (Å²) in [4.78, 5) is 28.9. The number of hydrogen-bond donors (Lipinski definition) is 1. The quantitative estimate of drug-likeness (QED) is 0.365. The van der Waals surface area contributed by atoms with E-state index in [2.05, 4.69) is 11.1 Å². The molecule has 10 heteroatoms. The normalized spacial score (nSPS) is 15.6. The molecule has 1 aromatic heterocycles. The molecule has 0 bridgehead atoms. The second-order valence-electron chi connectivity index (χ2n) is 7.54. The van der Waals surface area contributed by atoms with Gasteiger partial charge in [-0.25, -0.2) is 9.19 Å². The van der Waals surface area contributed by atoms with Gasteiger partial charge in [-0.1, -0.05) is 65.9 Å². The summed E-state index contributed by atoms with van der Waals surface area (Å²) in [5, 5.41) is -0.198. The number of pyridine rings is 1.